The van der Waals surface area contributed by atoms with Gasteiger partial charge in [-0.25, -0.2) is 4.79 Å². The maximum absolute atomic E-state index is 12.0. The number of hydrogen-bond acceptors (Lipinski definition) is 2. The summed E-state index contributed by atoms with van der Waals surface area (Å²) in [5.74, 6) is 0. The van der Waals surface area contributed by atoms with Crippen LogP contribution < -0.4 is 0 Å². The molecule has 2 rings (SSSR count). The van der Waals surface area contributed by atoms with Gasteiger partial charge in [-0.1, -0.05) is 18.2 Å². The number of nitrogens with zero attached hydrogens (tertiary/aromatic N) is 1. The first-order valence-electron chi connectivity index (χ1n) is 6.42. The largest absolute Gasteiger partial charge is 0.444 e. The smallest absolute Gasteiger partial charge is 0.410 e. The molecule has 18 heavy (non-hydrogen) atoms. The van der Waals surface area contributed by atoms with E-state index in [-0.39, 0.29) is 6.09 Å². The number of benzene rings is 1. The van der Waals surface area contributed by atoms with Crippen LogP contribution in [0.1, 0.15) is 37.5 Å². The van der Waals surface area contributed by atoms with Crippen LogP contribution in [0.5, 0.6) is 0 Å². The first-order chi connectivity index (χ1) is 8.37. The molecule has 0 fully saturated rings. The van der Waals surface area contributed by atoms with Gasteiger partial charge in [0.05, 0.1) is 0 Å². The molecule has 0 saturated carbocycles. The fourth-order valence-corrected chi connectivity index (χ4v) is 2.23. The van der Waals surface area contributed by atoms with Gasteiger partial charge >= 0.3 is 6.09 Å². The van der Waals surface area contributed by atoms with Crippen molar-refractivity contribution in [3.63, 3.8) is 0 Å². The predicted octanol–water partition coefficient (Wildman–Crippen LogP) is 3.29. The lowest BCUT2D eigenvalue weighted by atomic mass is 9.96. The zero-order valence-electron chi connectivity index (χ0n) is 11.6. The van der Waals surface area contributed by atoms with Crippen LogP contribution in [0.4, 0.5) is 4.79 Å². The summed E-state index contributed by atoms with van der Waals surface area (Å²) in [6.45, 7) is 9.19. The topological polar surface area (TPSA) is 29.5 Å². The molecular formula is C15H21NO2. The van der Waals surface area contributed by atoms with Crippen LogP contribution in [-0.2, 0) is 17.7 Å². The number of carbonyl (C=O) groups is 1. The van der Waals surface area contributed by atoms with E-state index >= 15 is 0 Å². The summed E-state index contributed by atoms with van der Waals surface area (Å²) in [6.07, 6.45) is 0.701. The van der Waals surface area contributed by atoms with Gasteiger partial charge in [-0.3, -0.25) is 0 Å². The molecule has 0 saturated heterocycles. The third-order valence-electron chi connectivity index (χ3n) is 3.16. The molecule has 0 unspecified atom stereocenters. The molecule has 1 amide bonds. The fourth-order valence-electron chi connectivity index (χ4n) is 2.23. The average Bonchev–Trinajstić information content (AvgIpc) is 2.27. The molecule has 1 aromatic carbocycles. The molecule has 3 nitrogen and oxygen atoms in total. The fraction of sp³-hybridized carbons (Fsp3) is 0.533. The standard InChI is InChI=1S/C15H21NO2/c1-11-6-5-7-12-8-9-16(10-13(11)12)14(17)18-15(2,3)4/h5-7H,8-10H2,1-4H3. The Morgan fingerprint density at radius 1 is 1.33 bits per heavy atom. The summed E-state index contributed by atoms with van der Waals surface area (Å²) in [6, 6.07) is 6.32. The lowest BCUT2D eigenvalue weighted by Gasteiger charge is -2.31. The molecule has 1 aromatic rings. The Bertz CT molecular complexity index is 460. The van der Waals surface area contributed by atoms with Crippen LogP contribution in [0, 0.1) is 6.92 Å². The molecular weight excluding hydrogens is 226 g/mol. The molecule has 1 aliphatic heterocycles. The molecule has 0 aliphatic carbocycles. The first-order valence-corrected chi connectivity index (χ1v) is 6.42. The third kappa shape index (κ3) is 2.84. The number of fused-ring (bicyclic) bond motifs is 1. The van der Waals surface area contributed by atoms with Gasteiger partial charge < -0.3 is 9.64 Å². The van der Waals surface area contributed by atoms with Crippen molar-refractivity contribution in [1.82, 2.24) is 4.90 Å². The highest BCUT2D eigenvalue weighted by atomic mass is 16.6. The zero-order valence-corrected chi connectivity index (χ0v) is 11.6. The van der Waals surface area contributed by atoms with E-state index < -0.39 is 5.60 Å². The highest BCUT2D eigenvalue weighted by Crippen LogP contribution is 2.23. The van der Waals surface area contributed by atoms with Crippen molar-refractivity contribution in [1.29, 1.82) is 0 Å². The van der Waals surface area contributed by atoms with Crippen molar-refractivity contribution >= 4 is 6.09 Å². The quantitative estimate of drug-likeness (QED) is 0.704. The van der Waals surface area contributed by atoms with Gasteiger partial charge in [-0.2, -0.15) is 0 Å². The van der Waals surface area contributed by atoms with E-state index in [1.54, 1.807) is 4.90 Å². The van der Waals surface area contributed by atoms with Crippen molar-refractivity contribution < 1.29 is 9.53 Å². The van der Waals surface area contributed by atoms with Crippen LogP contribution in [0.15, 0.2) is 18.2 Å². The number of aryl methyl sites for hydroxylation is 1. The second kappa shape index (κ2) is 4.63. The van der Waals surface area contributed by atoms with Gasteiger partial charge in [-0.15, -0.1) is 0 Å². The highest BCUT2D eigenvalue weighted by molar-refractivity contribution is 5.68. The zero-order chi connectivity index (χ0) is 13.3. The monoisotopic (exact) mass is 247 g/mol. The Balaban J connectivity index is 2.12. The van der Waals surface area contributed by atoms with E-state index in [4.69, 9.17) is 4.74 Å². The first kappa shape index (κ1) is 12.9. The Kier molecular flexibility index (Phi) is 3.33. The van der Waals surface area contributed by atoms with E-state index in [9.17, 15) is 4.79 Å². The van der Waals surface area contributed by atoms with Crippen molar-refractivity contribution in [2.75, 3.05) is 6.54 Å². The minimum absolute atomic E-state index is 0.212. The molecule has 0 bridgehead atoms. The molecule has 1 aliphatic rings. The molecule has 0 radical (unpaired) electrons. The third-order valence-corrected chi connectivity index (χ3v) is 3.16. The van der Waals surface area contributed by atoms with E-state index in [2.05, 4.69) is 25.1 Å². The molecule has 3 heteroatoms. The number of ether oxygens (including phenoxy) is 1. The Labute approximate surface area is 109 Å². The molecule has 0 atom stereocenters. The minimum Gasteiger partial charge on any atom is -0.444 e. The lowest BCUT2D eigenvalue weighted by molar-refractivity contribution is 0.0223. The van der Waals surface area contributed by atoms with E-state index in [0.717, 1.165) is 13.0 Å². The summed E-state index contributed by atoms with van der Waals surface area (Å²) in [5.41, 5.74) is 3.45. The van der Waals surface area contributed by atoms with Gasteiger partial charge in [0.1, 0.15) is 5.60 Å². The number of hydrogen-bond donors (Lipinski definition) is 0. The Morgan fingerprint density at radius 2 is 2.06 bits per heavy atom. The van der Waals surface area contributed by atoms with Crippen molar-refractivity contribution in [3.05, 3.63) is 34.9 Å². The molecule has 0 N–H and O–H groups in total. The van der Waals surface area contributed by atoms with E-state index in [1.165, 1.54) is 16.7 Å². The summed E-state index contributed by atoms with van der Waals surface area (Å²) in [7, 11) is 0. The summed E-state index contributed by atoms with van der Waals surface area (Å²) < 4.78 is 5.42. The van der Waals surface area contributed by atoms with Gasteiger partial charge in [0.15, 0.2) is 0 Å². The Hall–Kier alpha value is -1.51. The molecule has 0 spiro atoms. The van der Waals surface area contributed by atoms with Crippen molar-refractivity contribution in [2.45, 2.75) is 46.3 Å². The number of amides is 1. The van der Waals surface area contributed by atoms with Crippen molar-refractivity contribution in [3.8, 4) is 0 Å². The van der Waals surface area contributed by atoms with Gasteiger partial charge in [0.25, 0.3) is 0 Å². The minimum atomic E-state index is -0.427. The SMILES string of the molecule is Cc1cccc2c1CN(C(=O)OC(C)(C)C)CC2. The number of carbonyl (C=O) groups excluding carboxylic acids is 1. The van der Waals surface area contributed by atoms with Gasteiger partial charge in [-0.05, 0) is 50.8 Å². The van der Waals surface area contributed by atoms with Gasteiger partial charge in [0, 0.05) is 13.1 Å². The maximum atomic E-state index is 12.0. The van der Waals surface area contributed by atoms with Crippen LogP contribution in [0.25, 0.3) is 0 Å². The average molecular weight is 247 g/mol. The van der Waals surface area contributed by atoms with Gasteiger partial charge in [0.2, 0.25) is 0 Å². The van der Waals surface area contributed by atoms with Crippen LogP contribution >= 0.6 is 0 Å². The second-order valence-corrected chi connectivity index (χ2v) is 5.86. The normalized spacial score (nSPS) is 15.2. The maximum Gasteiger partial charge on any atom is 0.410 e. The molecule has 1 heterocycles. The second-order valence-electron chi connectivity index (χ2n) is 5.86. The van der Waals surface area contributed by atoms with Crippen LogP contribution in [-0.4, -0.2) is 23.1 Å². The van der Waals surface area contributed by atoms with Crippen LogP contribution in [0.3, 0.4) is 0 Å². The predicted molar refractivity (Wildman–Crippen MR) is 71.5 cm³/mol. The molecule has 98 valence electrons. The summed E-state index contributed by atoms with van der Waals surface area (Å²) >= 11 is 0. The van der Waals surface area contributed by atoms with E-state index in [1.807, 2.05) is 20.8 Å². The number of rotatable bonds is 0. The highest BCUT2D eigenvalue weighted by Gasteiger charge is 2.26. The van der Waals surface area contributed by atoms with E-state index in [0.29, 0.717) is 6.54 Å². The molecule has 0 aromatic heterocycles. The van der Waals surface area contributed by atoms with Crippen LogP contribution in [0.2, 0.25) is 0 Å². The van der Waals surface area contributed by atoms with Crippen molar-refractivity contribution in [2.24, 2.45) is 0 Å². The summed E-state index contributed by atoms with van der Waals surface area (Å²) in [5, 5.41) is 0. The summed E-state index contributed by atoms with van der Waals surface area (Å²) in [4.78, 5) is 13.8. The Morgan fingerprint density at radius 3 is 2.72 bits per heavy atom. The lowest BCUT2D eigenvalue weighted by Crippen LogP contribution is -2.40.